The molecule has 5 N–H and O–H groups in total. The molecule has 0 aromatic rings. The smallest absolute Gasteiger partial charge is 0.227 e. The molecule has 0 radical (unpaired) electrons. The molecule has 1 aliphatic rings. The van der Waals surface area contributed by atoms with E-state index in [0.29, 0.717) is 0 Å². The number of aliphatic hydroxyl groups excluding tert-OH is 3. The lowest BCUT2D eigenvalue weighted by Crippen LogP contribution is -2.47. The van der Waals surface area contributed by atoms with Crippen molar-refractivity contribution in [2.24, 2.45) is 11.7 Å². The van der Waals surface area contributed by atoms with Gasteiger partial charge in [0.1, 0.15) is 12.2 Å². The van der Waals surface area contributed by atoms with E-state index in [9.17, 15) is 9.90 Å². The Morgan fingerprint density at radius 1 is 1.17 bits per heavy atom. The molecule has 0 spiro atoms. The zero-order chi connectivity index (χ0) is 9.30. The topological polar surface area (TPSA) is 104 Å². The number of hydrogen-bond donors (Lipinski definition) is 4. The van der Waals surface area contributed by atoms with Crippen molar-refractivity contribution in [1.82, 2.24) is 0 Å². The van der Waals surface area contributed by atoms with Gasteiger partial charge in [-0.1, -0.05) is 12.2 Å². The molecule has 0 saturated heterocycles. The summed E-state index contributed by atoms with van der Waals surface area (Å²) in [6.07, 6.45) is -1.25. The first-order chi connectivity index (χ1) is 5.54. The number of aliphatic hydroxyl groups is 3. The average molecular weight is 173 g/mol. The van der Waals surface area contributed by atoms with Crippen molar-refractivity contribution in [3.8, 4) is 0 Å². The lowest BCUT2D eigenvalue weighted by atomic mass is 9.88. The van der Waals surface area contributed by atoms with Crippen LogP contribution in [-0.2, 0) is 4.79 Å². The quantitative estimate of drug-likeness (QED) is 0.336. The molecule has 4 atom stereocenters. The van der Waals surface area contributed by atoms with Crippen LogP contribution in [-0.4, -0.2) is 39.5 Å². The first-order valence-electron chi connectivity index (χ1n) is 3.56. The van der Waals surface area contributed by atoms with Gasteiger partial charge in [-0.25, -0.2) is 0 Å². The highest BCUT2D eigenvalue weighted by atomic mass is 16.4. The minimum atomic E-state index is -1.34. The van der Waals surface area contributed by atoms with E-state index in [-0.39, 0.29) is 0 Å². The van der Waals surface area contributed by atoms with Crippen LogP contribution in [0.5, 0.6) is 0 Å². The fourth-order valence-electron chi connectivity index (χ4n) is 1.14. The maximum atomic E-state index is 10.6. The maximum absolute atomic E-state index is 10.6. The van der Waals surface area contributed by atoms with E-state index >= 15 is 0 Å². The van der Waals surface area contributed by atoms with E-state index in [2.05, 4.69) is 0 Å². The first kappa shape index (κ1) is 9.18. The predicted molar refractivity (Wildman–Crippen MR) is 39.8 cm³/mol. The van der Waals surface area contributed by atoms with Gasteiger partial charge in [0.2, 0.25) is 5.91 Å². The summed E-state index contributed by atoms with van der Waals surface area (Å²) in [7, 11) is 0. The normalized spacial score (nSPS) is 41.2. The average Bonchev–Trinajstić information content (AvgIpc) is 2.00. The van der Waals surface area contributed by atoms with Crippen molar-refractivity contribution < 1.29 is 20.1 Å². The van der Waals surface area contributed by atoms with E-state index < -0.39 is 30.1 Å². The number of amides is 1. The van der Waals surface area contributed by atoms with Gasteiger partial charge in [0.15, 0.2) is 0 Å². The summed E-state index contributed by atoms with van der Waals surface area (Å²) in [5, 5.41) is 27.3. The van der Waals surface area contributed by atoms with Gasteiger partial charge in [0.05, 0.1) is 12.0 Å². The Morgan fingerprint density at radius 2 is 1.75 bits per heavy atom. The molecule has 1 rings (SSSR count). The molecule has 0 aromatic carbocycles. The molecule has 0 fully saturated rings. The summed E-state index contributed by atoms with van der Waals surface area (Å²) >= 11 is 0. The molecule has 0 aliphatic heterocycles. The van der Waals surface area contributed by atoms with Gasteiger partial charge in [0, 0.05) is 0 Å². The van der Waals surface area contributed by atoms with Crippen LogP contribution in [0.2, 0.25) is 0 Å². The third-order valence-corrected chi connectivity index (χ3v) is 1.91. The fourth-order valence-corrected chi connectivity index (χ4v) is 1.14. The van der Waals surface area contributed by atoms with Gasteiger partial charge in [-0.05, 0) is 0 Å². The third-order valence-electron chi connectivity index (χ3n) is 1.91. The molecule has 0 bridgehead atoms. The fraction of sp³-hybridized carbons (Fsp3) is 0.571. The summed E-state index contributed by atoms with van der Waals surface area (Å²) in [5.74, 6) is -1.63. The van der Waals surface area contributed by atoms with Crippen LogP contribution in [0.15, 0.2) is 12.2 Å². The molecule has 68 valence electrons. The number of carbonyl (C=O) groups excluding carboxylic acids is 1. The van der Waals surface area contributed by atoms with Crippen LogP contribution in [0.1, 0.15) is 0 Å². The van der Waals surface area contributed by atoms with Crippen molar-refractivity contribution in [3.63, 3.8) is 0 Å². The summed E-state index contributed by atoms with van der Waals surface area (Å²) in [4.78, 5) is 10.6. The molecule has 1 aliphatic carbocycles. The molecule has 1 amide bonds. The van der Waals surface area contributed by atoms with E-state index in [1.54, 1.807) is 0 Å². The molecular weight excluding hydrogens is 162 g/mol. The molecule has 0 aromatic heterocycles. The van der Waals surface area contributed by atoms with E-state index in [1.807, 2.05) is 0 Å². The summed E-state index contributed by atoms with van der Waals surface area (Å²) in [6.45, 7) is 0. The van der Waals surface area contributed by atoms with Gasteiger partial charge in [-0.3, -0.25) is 4.79 Å². The summed E-state index contributed by atoms with van der Waals surface area (Å²) in [5.41, 5.74) is 4.92. The van der Waals surface area contributed by atoms with Crippen LogP contribution in [0.25, 0.3) is 0 Å². The Hall–Kier alpha value is -0.910. The van der Waals surface area contributed by atoms with Crippen molar-refractivity contribution in [3.05, 3.63) is 12.2 Å². The first-order valence-corrected chi connectivity index (χ1v) is 3.56. The Bertz CT molecular complexity index is 215. The van der Waals surface area contributed by atoms with E-state index in [1.165, 1.54) is 12.2 Å². The SMILES string of the molecule is NC(=O)[C@H]1C=C[C@H](O)[C@@H](O)[C@@H]1O. The lowest BCUT2D eigenvalue weighted by Gasteiger charge is -2.28. The minimum Gasteiger partial charge on any atom is -0.389 e. The minimum absolute atomic E-state index is 0.718. The second-order valence-electron chi connectivity index (χ2n) is 2.78. The maximum Gasteiger partial charge on any atom is 0.227 e. The zero-order valence-electron chi connectivity index (χ0n) is 6.29. The van der Waals surface area contributed by atoms with Crippen molar-refractivity contribution in [2.75, 3.05) is 0 Å². The number of rotatable bonds is 1. The highest BCUT2D eigenvalue weighted by Crippen LogP contribution is 2.18. The largest absolute Gasteiger partial charge is 0.389 e. The van der Waals surface area contributed by atoms with Crippen molar-refractivity contribution >= 4 is 5.91 Å². The number of primary amides is 1. The predicted octanol–water partition coefficient (Wildman–Crippen LogP) is -2.26. The number of carbonyl (C=O) groups is 1. The van der Waals surface area contributed by atoms with Crippen LogP contribution in [0.3, 0.4) is 0 Å². The Balaban J connectivity index is 2.81. The molecule has 5 nitrogen and oxygen atoms in total. The lowest BCUT2D eigenvalue weighted by molar-refractivity contribution is -0.129. The van der Waals surface area contributed by atoms with Crippen molar-refractivity contribution in [1.29, 1.82) is 0 Å². The highest BCUT2D eigenvalue weighted by molar-refractivity contribution is 5.79. The molecule has 0 saturated carbocycles. The summed E-state index contributed by atoms with van der Waals surface area (Å²) in [6, 6.07) is 0. The van der Waals surface area contributed by atoms with Crippen LogP contribution >= 0.6 is 0 Å². The molecule has 0 unspecified atom stereocenters. The van der Waals surface area contributed by atoms with E-state index in [0.717, 1.165) is 0 Å². The number of hydrogen-bond acceptors (Lipinski definition) is 4. The van der Waals surface area contributed by atoms with Gasteiger partial charge in [-0.15, -0.1) is 0 Å². The zero-order valence-corrected chi connectivity index (χ0v) is 6.29. The molecular formula is C7H11NO4. The molecule has 5 heteroatoms. The second kappa shape index (κ2) is 3.22. The monoisotopic (exact) mass is 173 g/mol. The van der Waals surface area contributed by atoms with Crippen molar-refractivity contribution in [2.45, 2.75) is 18.3 Å². The van der Waals surface area contributed by atoms with Crippen LogP contribution in [0.4, 0.5) is 0 Å². The van der Waals surface area contributed by atoms with Crippen LogP contribution < -0.4 is 5.73 Å². The Morgan fingerprint density at radius 3 is 2.25 bits per heavy atom. The standard InChI is InChI=1S/C7H11NO4/c8-7(12)3-1-2-4(9)6(11)5(3)10/h1-6,9-11H,(H2,8,12)/t3-,4-,5+,6+/m0/s1. The summed E-state index contributed by atoms with van der Waals surface area (Å²) < 4.78 is 0. The third kappa shape index (κ3) is 1.47. The molecule has 12 heavy (non-hydrogen) atoms. The Labute approximate surface area is 69.1 Å². The van der Waals surface area contributed by atoms with Gasteiger partial charge in [0.25, 0.3) is 0 Å². The Kier molecular flexibility index (Phi) is 2.46. The van der Waals surface area contributed by atoms with E-state index in [4.69, 9.17) is 15.9 Å². The van der Waals surface area contributed by atoms with Gasteiger partial charge in [-0.2, -0.15) is 0 Å². The van der Waals surface area contributed by atoms with Gasteiger partial charge < -0.3 is 21.1 Å². The second-order valence-corrected chi connectivity index (χ2v) is 2.78. The van der Waals surface area contributed by atoms with Crippen LogP contribution in [0, 0.1) is 5.92 Å². The highest BCUT2D eigenvalue weighted by Gasteiger charge is 2.35. The van der Waals surface area contributed by atoms with Gasteiger partial charge >= 0.3 is 0 Å². The molecule has 0 heterocycles. The number of nitrogens with two attached hydrogens (primary N) is 1.